The molecule has 150 valence electrons. The van der Waals surface area contributed by atoms with E-state index in [0.717, 1.165) is 6.26 Å². The van der Waals surface area contributed by atoms with Crippen molar-refractivity contribution in [1.82, 2.24) is 4.90 Å². The monoisotopic (exact) mass is 396 g/mol. The van der Waals surface area contributed by atoms with E-state index < -0.39 is 20.9 Å². The third kappa shape index (κ3) is 5.69. The highest BCUT2D eigenvalue weighted by atomic mass is 32.2. The number of nitrogens with zero attached hydrogens (tertiary/aromatic N) is 1. The summed E-state index contributed by atoms with van der Waals surface area (Å²) >= 11 is 0. The van der Waals surface area contributed by atoms with Crippen LogP contribution in [0.3, 0.4) is 0 Å². The molecule has 0 aliphatic carbocycles. The Labute approximate surface area is 161 Å². The molecule has 0 saturated carbocycles. The molecule has 0 bridgehead atoms. The van der Waals surface area contributed by atoms with Crippen LogP contribution in [0.4, 0.5) is 10.5 Å². The molecule has 2 rings (SSSR count). The smallest absolute Gasteiger partial charge is 0.410 e. The summed E-state index contributed by atoms with van der Waals surface area (Å²) in [4.78, 5) is 26.7. The van der Waals surface area contributed by atoms with Crippen molar-refractivity contribution in [2.24, 2.45) is 5.41 Å². The van der Waals surface area contributed by atoms with E-state index in [4.69, 9.17) is 4.74 Å². The normalized spacial score (nSPS) is 17.3. The number of benzene rings is 1. The minimum absolute atomic E-state index is 0.140. The SMILES string of the molecule is CC(C)(C)OC(=O)N1CCC(C)(C(=O)Nc2ccc(S(C)(=O)=O)cc2)CC1. The second kappa shape index (κ2) is 7.50. The molecule has 0 unspecified atom stereocenters. The van der Waals surface area contributed by atoms with Crippen molar-refractivity contribution < 1.29 is 22.7 Å². The van der Waals surface area contributed by atoms with Gasteiger partial charge < -0.3 is 15.0 Å². The fraction of sp³-hybridized carbons (Fsp3) is 0.579. The number of rotatable bonds is 3. The predicted molar refractivity (Wildman–Crippen MR) is 103 cm³/mol. The Morgan fingerprint density at radius 1 is 1.11 bits per heavy atom. The van der Waals surface area contributed by atoms with Gasteiger partial charge in [-0.3, -0.25) is 4.79 Å². The first-order valence-corrected chi connectivity index (χ1v) is 10.8. The Morgan fingerprint density at radius 3 is 2.07 bits per heavy atom. The van der Waals surface area contributed by atoms with Crippen LogP contribution >= 0.6 is 0 Å². The lowest BCUT2D eigenvalue weighted by molar-refractivity contribution is -0.127. The van der Waals surface area contributed by atoms with E-state index in [-0.39, 0.29) is 16.9 Å². The number of carbonyl (C=O) groups is 2. The first kappa shape index (κ1) is 21.2. The first-order valence-electron chi connectivity index (χ1n) is 8.90. The third-order valence-corrected chi connectivity index (χ3v) is 5.74. The third-order valence-electron chi connectivity index (χ3n) is 4.61. The van der Waals surface area contributed by atoms with Gasteiger partial charge >= 0.3 is 6.09 Å². The molecule has 0 atom stereocenters. The van der Waals surface area contributed by atoms with E-state index >= 15 is 0 Å². The molecule has 1 fully saturated rings. The zero-order valence-electron chi connectivity index (χ0n) is 16.5. The van der Waals surface area contributed by atoms with Crippen molar-refractivity contribution in [1.29, 1.82) is 0 Å². The van der Waals surface area contributed by atoms with E-state index in [1.807, 2.05) is 27.7 Å². The average molecular weight is 397 g/mol. The van der Waals surface area contributed by atoms with Gasteiger partial charge in [-0.05, 0) is 57.9 Å². The van der Waals surface area contributed by atoms with Gasteiger partial charge in [-0.25, -0.2) is 13.2 Å². The molecule has 1 heterocycles. The van der Waals surface area contributed by atoms with Crippen LogP contribution in [0.5, 0.6) is 0 Å². The largest absolute Gasteiger partial charge is 0.444 e. The van der Waals surface area contributed by atoms with Crippen LogP contribution in [-0.4, -0.2) is 50.3 Å². The van der Waals surface area contributed by atoms with Crippen molar-refractivity contribution in [3.63, 3.8) is 0 Å². The number of hydrogen-bond donors (Lipinski definition) is 1. The molecule has 2 amide bonds. The van der Waals surface area contributed by atoms with Gasteiger partial charge in [-0.1, -0.05) is 6.92 Å². The molecule has 1 N–H and O–H groups in total. The number of anilines is 1. The molecule has 0 spiro atoms. The zero-order chi connectivity index (χ0) is 20.5. The molecule has 1 aliphatic rings. The molecule has 1 aromatic carbocycles. The Bertz CT molecular complexity index is 801. The van der Waals surface area contributed by atoms with Crippen LogP contribution in [0.2, 0.25) is 0 Å². The number of likely N-dealkylation sites (tertiary alicyclic amines) is 1. The summed E-state index contributed by atoms with van der Waals surface area (Å²) in [6, 6.07) is 6.09. The van der Waals surface area contributed by atoms with E-state index in [2.05, 4.69) is 5.32 Å². The Morgan fingerprint density at radius 2 is 1.63 bits per heavy atom. The van der Waals surface area contributed by atoms with Gasteiger partial charge in [0.2, 0.25) is 5.91 Å². The maximum Gasteiger partial charge on any atom is 0.410 e. The van der Waals surface area contributed by atoms with Crippen molar-refractivity contribution in [2.45, 2.75) is 51.0 Å². The minimum atomic E-state index is -3.27. The summed E-state index contributed by atoms with van der Waals surface area (Å²) in [6.45, 7) is 8.24. The number of ether oxygens (including phenoxy) is 1. The summed E-state index contributed by atoms with van der Waals surface area (Å²) < 4.78 is 28.4. The van der Waals surface area contributed by atoms with Gasteiger partial charge in [0, 0.05) is 25.0 Å². The summed E-state index contributed by atoms with van der Waals surface area (Å²) in [5.41, 5.74) is -0.607. The highest BCUT2D eigenvalue weighted by Crippen LogP contribution is 2.33. The van der Waals surface area contributed by atoms with Crippen LogP contribution in [-0.2, 0) is 19.4 Å². The first-order chi connectivity index (χ1) is 12.3. The quantitative estimate of drug-likeness (QED) is 0.848. The maximum atomic E-state index is 12.7. The molecule has 27 heavy (non-hydrogen) atoms. The standard InChI is InChI=1S/C19H28N2O5S/c1-18(2,3)26-17(23)21-12-10-19(4,11-13-21)16(22)20-14-6-8-15(9-7-14)27(5,24)25/h6-9H,10-13H2,1-5H3,(H,20,22). The lowest BCUT2D eigenvalue weighted by atomic mass is 9.79. The lowest BCUT2D eigenvalue weighted by Crippen LogP contribution is -2.48. The van der Waals surface area contributed by atoms with Crippen molar-refractivity contribution in [2.75, 3.05) is 24.7 Å². The summed E-state index contributed by atoms with van der Waals surface area (Å²) in [5.74, 6) is -0.140. The van der Waals surface area contributed by atoms with Gasteiger partial charge in [0.15, 0.2) is 9.84 Å². The van der Waals surface area contributed by atoms with Crippen LogP contribution in [0, 0.1) is 5.41 Å². The van der Waals surface area contributed by atoms with Crippen LogP contribution in [0.1, 0.15) is 40.5 Å². The number of sulfone groups is 1. The Kier molecular flexibility index (Phi) is 5.89. The second-order valence-corrected chi connectivity index (χ2v) is 10.3. The molecular weight excluding hydrogens is 368 g/mol. The molecule has 0 radical (unpaired) electrons. The van der Waals surface area contributed by atoms with Gasteiger partial charge in [0.05, 0.1) is 10.3 Å². The highest BCUT2D eigenvalue weighted by Gasteiger charge is 2.39. The van der Waals surface area contributed by atoms with Gasteiger partial charge in [0.1, 0.15) is 5.60 Å². The van der Waals surface area contributed by atoms with Gasteiger partial charge in [-0.15, -0.1) is 0 Å². The molecule has 0 aromatic heterocycles. The molecule has 8 heteroatoms. The molecule has 1 aromatic rings. The Balaban J connectivity index is 1.96. The van der Waals surface area contributed by atoms with Crippen molar-refractivity contribution in [3.05, 3.63) is 24.3 Å². The topological polar surface area (TPSA) is 92.8 Å². The lowest BCUT2D eigenvalue weighted by Gasteiger charge is -2.38. The van der Waals surface area contributed by atoms with Crippen LogP contribution in [0.15, 0.2) is 29.2 Å². The molecule has 7 nitrogen and oxygen atoms in total. The number of amides is 2. The average Bonchev–Trinajstić information content (AvgIpc) is 2.53. The van der Waals surface area contributed by atoms with Gasteiger partial charge in [0.25, 0.3) is 0 Å². The maximum absolute atomic E-state index is 12.7. The van der Waals surface area contributed by atoms with Gasteiger partial charge in [-0.2, -0.15) is 0 Å². The molecule has 1 aliphatic heterocycles. The second-order valence-electron chi connectivity index (χ2n) is 8.28. The number of nitrogens with one attached hydrogen (secondary N) is 1. The van der Waals surface area contributed by atoms with Crippen molar-refractivity contribution in [3.8, 4) is 0 Å². The van der Waals surface area contributed by atoms with Crippen molar-refractivity contribution >= 4 is 27.5 Å². The van der Waals surface area contributed by atoms with E-state index in [0.29, 0.717) is 31.6 Å². The van der Waals surface area contributed by atoms with E-state index in [1.54, 1.807) is 17.0 Å². The zero-order valence-corrected chi connectivity index (χ0v) is 17.4. The number of hydrogen-bond acceptors (Lipinski definition) is 5. The Hall–Kier alpha value is -2.09. The molecular formula is C19H28N2O5S. The number of piperidine rings is 1. The van der Waals surface area contributed by atoms with E-state index in [9.17, 15) is 18.0 Å². The summed E-state index contributed by atoms with van der Waals surface area (Å²) in [6.07, 6.45) is 1.83. The fourth-order valence-corrected chi connectivity index (χ4v) is 3.43. The molecule has 1 saturated heterocycles. The highest BCUT2D eigenvalue weighted by molar-refractivity contribution is 7.90. The fourth-order valence-electron chi connectivity index (χ4n) is 2.80. The minimum Gasteiger partial charge on any atom is -0.444 e. The van der Waals surface area contributed by atoms with E-state index in [1.165, 1.54) is 12.1 Å². The summed E-state index contributed by atoms with van der Waals surface area (Å²) in [5, 5.41) is 2.84. The van der Waals surface area contributed by atoms with Crippen LogP contribution in [0.25, 0.3) is 0 Å². The van der Waals surface area contributed by atoms with Crippen LogP contribution < -0.4 is 5.32 Å². The summed E-state index contributed by atoms with van der Waals surface area (Å²) in [7, 11) is -3.27. The predicted octanol–water partition coefficient (Wildman–Crippen LogP) is 3.07. The number of carbonyl (C=O) groups excluding carboxylic acids is 2.